The molecule has 0 saturated carbocycles. The van der Waals surface area contributed by atoms with Crippen LogP contribution in [0.3, 0.4) is 0 Å². The maximum Gasteiger partial charge on any atom is 0.305 e. The van der Waals surface area contributed by atoms with Crippen LogP contribution in [0.5, 0.6) is 5.75 Å². The van der Waals surface area contributed by atoms with Gasteiger partial charge in [0, 0.05) is 38.9 Å². The number of carbonyl (C=O) groups is 2. The van der Waals surface area contributed by atoms with Crippen molar-refractivity contribution in [2.45, 2.75) is 25.8 Å². The highest BCUT2D eigenvalue weighted by Crippen LogP contribution is 2.45. The van der Waals surface area contributed by atoms with Crippen LogP contribution in [0.15, 0.2) is 24.3 Å². The molecule has 0 aromatic heterocycles. The Morgan fingerprint density at radius 1 is 1.12 bits per heavy atom. The monoisotopic (exact) mass is 360 g/mol. The first-order valence-electron chi connectivity index (χ1n) is 9.23. The molecule has 26 heavy (non-hydrogen) atoms. The van der Waals surface area contributed by atoms with Crippen molar-refractivity contribution in [3.05, 3.63) is 29.8 Å². The molecule has 1 aromatic rings. The zero-order chi connectivity index (χ0) is 18.7. The first kappa shape index (κ1) is 18.7. The van der Waals surface area contributed by atoms with Gasteiger partial charge < -0.3 is 19.3 Å². The Morgan fingerprint density at radius 3 is 2.46 bits per heavy atom. The molecule has 142 valence electrons. The van der Waals surface area contributed by atoms with E-state index in [1.165, 1.54) is 12.7 Å². The molecule has 2 heterocycles. The van der Waals surface area contributed by atoms with Gasteiger partial charge in [0.2, 0.25) is 5.91 Å². The van der Waals surface area contributed by atoms with Gasteiger partial charge in [-0.1, -0.05) is 12.1 Å². The van der Waals surface area contributed by atoms with Gasteiger partial charge >= 0.3 is 5.97 Å². The minimum atomic E-state index is -0.150. The molecular weight excluding hydrogens is 332 g/mol. The van der Waals surface area contributed by atoms with Gasteiger partial charge in [0.25, 0.3) is 0 Å². The number of hydrogen-bond donors (Lipinski definition) is 0. The molecule has 2 fully saturated rings. The standard InChI is InChI=1S/C20H28N2O4/c1-14(23)22-12-16-11-21(10-4-5-19(24)26-3)13-18(16)20(22)15-6-8-17(25-2)9-7-15/h6-9,16,18,20H,4-5,10-13H2,1-3H3/t16-,18-,20+/m1/s1. The zero-order valence-electron chi connectivity index (χ0n) is 15.8. The van der Waals surface area contributed by atoms with Crippen LogP contribution >= 0.6 is 0 Å². The second kappa shape index (κ2) is 8.08. The number of fused-ring (bicyclic) bond motifs is 1. The highest BCUT2D eigenvalue weighted by Gasteiger charge is 2.48. The maximum atomic E-state index is 12.2. The van der Waals surface area contributed by atoms with Crippen molar-refractivity contribution >= 4 is 11.9 Å². The van der Waals surface area contributed by atoms with Crippen LogP contribution in [0.4, 0.5) is 0 Å². The van der Waals surface area contributed by atoms with Crippen LogP contribution in [0.1, 0.15) is 31.4 Å². The van der Waals surface area contributed by atoms with Crippen molar-refractivity contribution in [1.29, 1.82) is 0 Å². The van der Waals surface area contributed by atoms with Gasteiger partial charge in [0.1, 0.15) is 5.75 Å². The van der Waals surface area contributed by atoms with Gasteiger partial charge in [-0.15, -0.1) is 0 Å². The molecule has 0 spiro atoms. The Bertz CT molecular complexity index is 646. The number of esters is 1. The molecule has 3 rings (SSSR count). The molecule has 0 N–H and O–H groups in total. The van der Waals surface area contributed by atoms with Crippen molar-refractivity contribution in [2.75, 3.05) is 40.4 Å². The quantitative estimate of drug-likeness (QED) is 0.727. The number of hydrogen-bond acceptors (Lipinski definition) is 5. The fraction of sp³-hybridized carbons (Fsp3) is 0.600. The van der Waals surface area contributed by atoms with E-state index in [0.29, 0.717) is 18.3 Å². The van der Waals surface area contributed by atoms with Crippen LogP contribution in [0, 0.1) is 11.8 Å². The van der Waals surface area contributed by atoms with E-state index in [-0.39, 0.29) is 17.9 Å². The smallest absolute Gasteiger partial charge is 0.305 e. The van der Waals surface area contributed by atoms with E-state index in [4.69, 9.17) is 9.47 Å². The second-order valence-corrected chi connectivity index (χ2v) is 7.25. The molecule has 0 radical (unpaired) electrons. The summed E-state index contributed by atoms with van der Waals surface area (Å²) in [6, 6.07) is 8.19. The summed E-state index contributed by atoms with van der Waals surface area (Å²) in [6.45, 7) is 5.32. The van der Waals surface area contributed by atoms with E-state index in [0.717, 1.165) is 38.3 Å². The number of methoxy groups -OCH3 is 2. The fourth-order valence-electron chi connectivity index (χ4n) is 4.42. The Kier molecular flexibility index (Phi) is 5.81. The van der Waals surface area contributed by atoms with E-state index in [1.54, 1.807) is 14.0 Å². The minimum absolute atomic E-state index is 0.119. The molecule has 6 nitrogen and oxygen atoms in total. The lowest BCUT2D eigenvalue weighted by molar-refractivity contribution is -0.140. The first-order chi connectivity index (χ1) is 12.5. The molecule has 2 aliphatic rings. The average Bonchev–Trinajstić information content (AvgIpc) is 3.19. The van der Waals surface area contributed by atoms with Gasteiger partial charge in [0.15, 0.2) is 0 Å². The summed E-state index contributed by atoms with van der Waals surface area (Å²) in [6.07, 6.45) is 1.28. The van der Waals surface area contributed by atoms with Gasteiger partial charge in [0.05, 0.1) is 20.3 Å². The van der Waals surface area contributed by atoms with Crippen LogP contribution in [0.2, 0.25) is 0 Å². The van der Waals surface area contributed by atoms with Gasteiger partial charge in [-0.2, -0.15) is 0 Å². The van der Waals surface area contributed by atoms with Gasteiger partial charge in [-0.25, -0.2) is 0 Å². The van der Waals surface area contributed by atoms with E-state index >= 15 is 0 Å². The normalized spacial score (nSPS) is 25.2. The lowest BCUT2D eigenvalue weighted by atomic mass is 9.89. The molecule has 6 heteroatoms. The molecule has 1 amide bonds. The number of ether oxygens (including phenoxy) is 2. The third kappa shape index (κ3) is 3.85. The second-order valence-electron chi connectivity index (χ2n) is 7.25. The Labute approximate surface area is 155 Å². The van der Waals surface area contributed by atoms with E-state index in [2.05, 4.69) is 17.0 Å². The highest BCUT2D eigenvalue weighted by atomic mass is 16.5. The van der Waals surface area contributed by atoms with Crippen molar-refractivity contribution in [3.8, 4) is 5.75 Å². The Hall–Kier alpha value is -2.08. The third-order valence-corrected chi connectivity index (χ3v) is 5.68. The first-order valence-corrected chi connectivity index (χ1v) is 9.23. The molecule has 0 bridgehead atoms. The van der Waals surface area contributed by atoms with Crippen molar-refractivity contribution in [2.24, 2.45) is 11.8 Å². The lowest BCUT2D eigenvalue weighted by Gasteiger charge is -2.29. The number of carbonyl (C=O) groups excluding carboxylic acids is 2. The summed E-state index contributed by atoms with van der Waals surface area (Å²) in [4.78, 5) is 27.9. The van der Waals surface area contributed by atoms with Crippen molar-refractivity contribution in [3.63, 3.8) is 0 Å². The number of amides is 1. The van der Waals surface area contributed by atoms with E-state index in [9.17, 15) is 9.59 Å². The predicted molar refractivity (Wildman–Crippen MR) is 97.8 cm³/mol. The van der Waals surface area contributed by atoms with Crippen molar-refractivity contribution in [1.82, 2.24) is 9.80 Å². The largest absolute Gasteiger partial charge is 0.497 e. The number of likely N-dealkylation sites (tertiary alicyclic amines) is 2. The molecule has 0 unspecified atom stereocenters. The number of benzene rings is 1. The fourth-order valence-corrected chi connectivity index (χ4v) is 4.42. The zero-order valence-corrected chi connectivity index (χ0v) is 15.8. The van der Waals surface area contributed by atoms with Crippen LogP contribution in [0.25, 0.3) is 0 Å². The molecule has 3 atom stereocenters. The van der Waals surface area contributed by atoms with E-state index < -0.39 is 0 Å². The Morgan fingerprint density at radius 2 is 1.85 bits per heavy atom. The summed E-state index contributed by atoms with van der Waals surface area (Å²) in [5, 5.41) is 0. The molecule has 2 saturated heterocycles. The third-order valence-electron chi connectivity index (χ3n) is 5.68. The van der Waals surface area contributed by atoms with Crippen molar-refractivity contribution < 1.29 is 19.1 Å². The van der Waals surface area contributed by atoms with E-state index in [1.807, 2.05) is 17.0 Å². The topological polar surface area (TPSA) is 59.1 Å². The summed E-state index contributed by atoms with van der Waals surface area (Å²) < 4.78 is 9.97. The Balaban J connectivity index is 1.68. The number of rotatable bonds is 6. The lowest BCUT2D eigenvalue weighted by Crippen LogP contribution is -2.34. The molecule has 0 aliphatic carbocycles. The summed E-state index contributed by atoms with van der Waals surface area (Å²) >= 11 is 0. The number of nitrogens with zero attached hydrogens (tertiary/aromatic N) is 2. The molecular formula is C20H28N2O4. The SMILES string of the molecule is COC(=O)CCCN1C[C@@H]2CN(C(C)=O)[C@@H](c3ccc(OC)cc3)[C@@H]2C1. The maximum absolute atomic E-state index is 12.2. The van der Waals surface area contributed by atoms with Crippen LogP contribution < -0.4 is 4.74 Å². The van der Waals surface area contributed by atoms with Gasteiger partial charge in [-0.05, 0) is 36.6 Å². The summed E-state index contributed by atoms with van der Waals surface area (Å²) in [5.74, 6) is 1.74. The van der Waals surface area contributed by atoms with Crippen LogP contribution in [-0.4, -0.2) is 62.1 Å². The minimum Gasteiger partial charge on any atom is -0.497 e. The van der Waals surface area contributed by atoms with Gasteiger partial charge in [-0.3, -0.25) is 9.59 Å². The molecule has 2 aliphatic heterocycles. The highest BCUT2D eigenvalue weighted by molar-refractivity contribution is 5.74. The molecule has 1 aromatic carbocycles. The predicted octanol–water partition coefficient (Wildman–Crippen LogP) is 2.10. The summed E-state index contributed by atoms with van der Waals surface area (Å²) in [7, 11) is 3.09. The summed E-state index contributed by atoms with van der Waals surface area (Å²) in [5.41, 5.74) is 1.17. The van der Waals surface area contributed by atoms with Crippen LogP contribution in [-0.2, 0) is 14.3 Å². The average molecular weight is 360 g/mol.